The molecule has 0 N–H and O–H groups in total. The maximum atomic E-state index is 11.2. The van der Waals surface area contributed by atoms with E-state index in [1.54, 1.807) is 0 Å². The highest BCUT2D eigenvalue weighted by Crippen LogP contribution is 2.30. The van der Waals surface area contributed by atoms with E-state index in [-0.39, 0.29) is 6.04 Å². The quantitative estimate of drug-likeness (QED) is 0.791. The summed E-state index contributed by atoms with van der Waals surface area (Å²) in [4.78, 5) is 22.4. The minimum absolute atomic E-state index is 0.213. The molecule has 1 amide bonds. The van der Waals surface area contributed by atoms with Crippen molar-refractivity contribution in [2.75, 3.05) is 44.7 Å². The summed E-state index contributed by atoms with van der Waals surface area (Å²) >= 11 is 0. The molecule has 0 radical (unpaired) electrons. The number of anilines is 1. The van der Waals surface area contributed by atoms with Crippen LogP contribution >= 0.6 is 0 Å². The van der Waals surface area contributed by atoms with Crippen molar-refractivity contribution in [2.24, 2.45) is 0 Å². The fraction of sp³-hybridized carbons (Fsp3) is 0.625. The molecule has 1 atom stereocenters. The Balaban J connectivity index is 1.70. The maximum Gasteiger partial charge on any atom is 0.210 e. The van der Waals surface area contributed by atoms with Gasteiger partial charge in [0.1, 0.15) is 5.82 Å². The van der Waals surface area contributed by atoms with Crippen LogP contribution in [0.2, 0.25) is 0 Å². The Bertz CT molecular complexity index is 468. The molecule has 114 valence electrons. The number of nitrogens with zero attached hydrogens (tertiary/aromatic N) is 4. The second kappa shape index (κ2) is 6.43. The first-order valence-corrected chi connectivity index (χ1v) is 7.88. The first kappa shape index (κ1) is 14.3. The number of piperazine rings is 1. The summed E-state index contributed by atoms with van der Waals surface area (Å²) in [6.45, 7) is 5.11. The van der Waals surface area contributed by atoms with Crippen molar-refractivity contribution in [2.45, 2.75) is 25.3 Å². The smallest absolute Gasteiger partial charge is 0.210 e. The number of carbonyl (C=O) groups is 1. The van der Waals surface area contributed by atoms with Crippen LogP contribution in [-0.4, -0.2) is 61.0 Å². The van der Waals surface area contributed by atoms with Gasteiger partial charge in [-0.05, 0) is 37.9 Å². The topological polar surface area (TPSA) is 39.7 Å². The van der Waals surface area contributed by atoms with Gasteiger partial charge in [0.2, 0.25) is 6.41 Å². The summed E-state index contributed by atoms with van der Waals surface area (Å²) < 4.78 is 0. The molecule has 0 aromatic carbocycles. The second-order valence-corrected chi connectivity index (χ2v) is 6.09. The molecule has 3 rings (SSSR count). The first-order valence-electron chi connectivity index (χ1n) is 7.88. The minimum Gasteiger partial charge on any atom is -0.354 e. The Morgan fingerprint density at radius 2 is 1.95 bits per heavy atom. The molecule has 0 saturated carbocycles. The zero-order valence-corrected chi connectivity index (χ0v) is 12.7. The van der Waals surface area contributed by atoms with Gasteiger partial charge in [-0.25, -0.2) is 4.98 Å². The highest BCUT2D eigenvalue weighted by molar-refractivity contribution is 5.49. The van der Waals surface area contributed by atoms with Crippen LogP contribution < -0.4 is 4.90 Å². The van der Waals surface area contributed by atoms with Crippen molar-refractivity contribution in [3.63, 3.8) is 0 Å². The first-order chi connectivity index (χ1) is 10.3. The van der Waals surface area contributed by atoms with E-state index in [4.69, 9.17) is 0 Å². The van der Waals surface area contributed by atoms with Crippen LogP contribution in [0.1, 0.15) is 30.9 Å². The summed E-state index contributed by atoms with van der Waals surface area (Å²) in [5.41, 5.74) is 1.17. The fourth-order valence-electron chi connectivity index (χ4n) is 3.26. The summed E-state index contributed by atoms with van der Waals surface area (Å²) in [7, 11) is 2.16. The van der Waals surface area contributed by atoms with E-state index >= 15 is 0 Å². The highest BCUT2D eigenvalue weighted by Gasteiger charge is 2.23. The molecule has 2 aliphatic rings. The lowest BCUT2D eigenvalue weighted by atomic mass is 9.97. The lowest BCUT2D eigenvalue weighted by Crippen LogP contribution is -2.44. The van der Waals surface area contributed by atoms with Crippen molar-refractivity contribution in [3.8, 4) is 0 Å². The van der Waals surface area contributed by atoms with E-state index in [0.29, 0.717) is 0 Å². The van der Waals surface area contributed by atoms with Crippen LogP contribution in [0.15, 0.2) is 18.3 Å². The van der Waals surface area contributed by atoms with E-state index < -0.39 is 0 Å². The molecular weight excluding hydrogens is 264 g/mol. The zero-order chi connectivity index (χ0) is 14.7. The van der Waals surface area contributed by atoms with Crippen LogP contribution in [0.4, 0.5) is 5.82 Å². The van der Waals surface area contributed by atoms with Gasteiger partial charge in [0, 0.05) is 38.9 Å². The van der Waals surface area contributed by atoms with E-state index in [1.165, 1.54) is 12.0 Å². The summed E-state index contributed by atoms with van der Waals surface area (Å²) in [5, 5.41) is 0. The van der Waals surface area contributed by atoms with Crippen LogP contribution in [0.3, 0.4) is 0 Å². The van der Waals surface area contributed by atoms with Gasteiger partial charge in [-0.1, -0.05) is 6.07 Å². The molecule has 1 aromatic rings. The molecule has 2 saturated heterocycles. The Hall–Kier alpha value is -1.62. The molecular formula is C16H24N4O. The second-order valence-electron chi connectivity index (χ2n) is 6.09. The molecule has 2 aliphatic heterocycles. The Kier molecular flexibility index (Phi) is 4.39. The number of aromatic nitrogens is 1. The minimum atomic E-state index is 0.213. The van der Waals surface area contributed by atoms with Gasteiger partial charge in [-0.3, -0.25) is 4.79 Å². The molecule has 0 unspecified atom stereocenters. The van der Waals surface area contributed by atoms with Gasteiger partial charge < -0.3 is 14.7 Å². The number of carbonyl (C=O) groups excluding carboxylic acids is 1. The Morgan fingerprint density at radius 1 is 1.14 bits per heavy atom. The van der Waals surface area contributed by atoms with Crippen molar-refractivity contribution < 1.29 is 4.79 Å². The Morgan fingerprint density at radius 3 is 2.62 bits per heavy atom. The fourth-order valence-corrected chi connectivity index (χ4v) is 3.26. The van der Waals surface area contributed by atoms with E-state index in [0.717, 1.165) is 57.8 Å². The standard InChI is InChI=1S/C16H24N4O/c1-18-8-10-19(11-9-18)16-6-5-14(12-17-16)15-4-2-3-7-20(15)13-21/h5-6,12-13,15H,2-4,7-11H2,1H3/t15-/m0/s1. The number of pyridine rings is 1. The summed E-state index contributed by atoms with van der Waals surface area (Å²) in [6, 6.07) is 4.47. The Labute approximate surface area is 126 Å². The van der Waals surface area contributed by atoms with Gasteiger partial charge in [0.25, 0.3) is 0 Å². The summed E-state index contributed by atoms with van der Waals surface area (Å²) in [6.07, 6.45) is 6.30. The maximum absolute atomic E-state index is 11.2. The number of piperidine rings is 1. The molecule has 0 bridgehead atoms. The van der Waals surface area contributed by atoms with E-state index in [2.05, 4.69) is 34.0 Å². The van der Waals surface area contributed by atoms with Crippen molar-refractivity contribution in [1.29, 1.82) is 0 Å². The monoisotopic (exact) mass is 288 g/mol. The molecule has 3 heterocycles. The molecule has 1 aromatic heterocycles. The number of amides is 1. The lowest BCUT2D eigenvalue weighted by molar-refractivity contribution is -0.121. The average Bonchev–Trinajstić information content (AvgIpc) is 2.56. The number of likely N-dealkylation sites (N-methyl/N-ethyl adjacent to an activating group) is 1. The molecule has 5 nitrogen and oxygen atoms in total. The van der Waals surface area contributed by atoms with Crippen molar-refractivity contribution in [1.82, 2.24) is 14.8 Å². The van der Waals surface area contributed by atoms with Gasteiger partial charge >= 0.3 is 0 Å². The highest BCUT2D eigenvalue weighted by atomic mass is 16.1. The van der Waals surface area contributed by atoms with Gasteiger partial charge in [0.05, 0.1) is 6.04 Å². The third kappa shape index (κ3) is 3.18. The van der Waals surface area contributed by atoms with Crippen LogP contribution in [0, 0.1) is 0 Å². The van der Waals surface area contributed by atoms with E-state index in [9.17, 15) is 4.79 Å². The average molecular weight is 288 g/mol. The predicted octanol–water partition coefficient (Wildman–Crippen LogP) is 1.52. The number of hydrogen-bond acceptors (Lipinski definition) is 4. The predicted molar refractivity (Wildman–Crippen MR) is 83.3 cm³/mol. The van der Waals surface area contributed by atoms with Crippen molar-refractivity contribution in [3.05, 3.63) is 23.9 Å². The van der Waals surface area contributed by atoms with Gasteiger partial charge in [0.15, 0.2) is 0 Å². The molecule has 5 heteroatoms. The van der Waals surface area contributed by atoms with Gasteiger partial charge in [-0.2, -0.15) is 0 Å². The molecule has 21 heavy (non-hydrogen) atoms. The zero-order valence-electron chi connectivity index (χ0n) is 12.7. The molecule has 0 spiro atoms. The number of likely N-dealkylation sites (tertiary alicyclic amines) is 1. The lowest BCUT2D eigenvalue weighted by Gasteiger charge is -2.34. The van der Waals surface area contributed by atoms with Gasteiger partial charge in [-0.15, -0.1) is 0 Å². The van der Waals surface area contributed by atoms with Crippen LogP contribution in [-0.2, 0) is 4.79 Å². The van der Waals surface area contributed by atoms with Crippen molar-refractivity contribution >= 4 is 12.2 Å². The SMILES string of the molecule is CN1CCN(c2ccc([C@@H]3CCCCN3C=O)cn2)CC1. The number of rotatable bonds is 3. The molecule has 2 fully saturated rings. The molecule has 0 aliphatic carbocycles. The number of hydrogen-bond donors (Lipinski definition) is 0. The van der Waals surface area contributed by atoms with E-state index in [1.807, 2.05) is 11.1 Å². The summed E-state index contributed by atoms with van der Waals surface area (Å²) in [5.74, 6) is 1.06. The van der Waals surface area contributed by atoms with Crippen LogP contribution in [0.25, 0.3) is 0 Å². The normalized spacial score (nSPS) is 24.1. The largest absolute Gasteiger partial charge is 0.354 e. The van der Waals surface area contributed by atoms with Crippen LogP contribution in [0.5, 0.6) is 0 Å². The third-order valence-electron chi connectivity index (χ3n) is 4.66. The third-order valence-corrected chi connectivity index (χ3v) is 4.66.